The molecule has 1 saturated heterocycles. The number of carboxylic acids is 1. The molecule has 100 valence electrons. The van der Waals surface area contributed by atoms with Crippen molar-refractivity contribution < 1.29 is 30.0 Å². The summed E-state index contributed by atoms with van der Waals surface area (Å²) < 4.78 is 5.24. The summed E-state index contributed by atoms with van der Waals surface area (Å²) in [4.78, 5) is 10.9. The third kappa shape index (κ3) is 2.60. The Morgan fingerprint density at radius 1 is 1.18 bits per heavy atom. The number of ether oxygens (including phenoxy) is 1. The van der Waals surface area contributed by atoms with Crippen molar-refractivity contribution in [3.05, 3.63) is 0 Å². The van der Waals surface area contributed by atoms with Crippen molar-refractivity contribution in [2.45, 2.75) is 57.7 Å². The molecule has 0 amide bonds. The Morgan fingerprint density at radius 2 is 1.71 bits per heavy atom. The van der Waals surface area contributed by atoms with Gasteiger partial charge in [0.25, 0.3) is 0 Å². The lowest BCUT2D eigenvalue weighted by molar-refractivity contribution is -0.248. The van der Waals surface area contributed by atoms with Crippen molar-refractivity contribution in [3.8, 4) is 0 Å². The lowest BCUT2D eigenvalue weighted by atomic mass is 9.77. The highest BCUT2D eigenvalue weighted by molar-refractivity contribution is 5.73. The maximum atomic E-state index is 10.9. The molecule has 0 spiro atoms. The summed E-state index contributed by atoms with van der Waals surface area (Å²) in [5, 5.41) is 37.9. The van der Waals surface area contributed by atoms with E-state index in [-0.39, 0.29) is 0 Å². The summed E-state index contributed by atoms with van der Waals surface area (Å²) in [6.07, 6.45) is -6.12. The standard InChI is InChI=1S/C11H20O6/c1-4-11(2,3)9-7(14)5(12)6(13)8(17-9)10(15)16/h5-9,12-14H,4H2,1-3H3,(H,15,16)/t5-,6-,7+,8-,9-/m0/s1. The predicted molar refractivity (Wildman–Crippen MR) is 58.4 cm³/mol. The lowest BCUT2D eigenvalue weighted by Gasteiger charge is -2.45. The number of rotatable bonds is 3. The third-order valence-electron chi connectivity index (χ3n) is 3.54. The first-order chi connectivity index (χ1) is 7.72. The number of carboxylic acid groups (broad SMARTS) is 1. The summed E-state index contributed by atoms with van der Waals surface area (Å²) in [5.41, 5.74) is -0.492. The molecule has 6 heteroatoms. The van der Waals surface area contributed by atoms with Gasteiger partial charge < -0.3 is 25.2 Å². The molecule has 0 unspecified atom stereocenters. The second-order valence-electron chi connectivity index (χ2n) is 5.13. The predicted octanol–water partition coefficient (Wildman–Crippen LogP) is -0.643. The van der Waals surface area contributed by atoms with Gasteiger partial charge in [0.05, 0.1) is 6.10 Å². The van der Waals surface area contributed by atoms with E-state index in [9.17, 15) is 20.1 Å². The van der Waals surface area contributed by atoms with Crippen LogP contribution in [0.25, 0.3) is 0 Å². The van der Waals surface area contributed by atoms with Gasteiger partial charge in [0.2, 0.25) is 0 Å². The first kappa shape index (κ1) is 14.4. The maximum Gasteiger partial charge on any atom is 0.335 e. The minimum absolute atomic E-state index is 0.492. The molecule has 17 heavy (non-hydrogen) atoms. The molecule has 1 heterocycles. The van der Waals surface area contributed by atoms with Gasteiger partial charge in [-0.05, 0) is 11.8 Å². The van der Waals surface area contributed by atoms with Gasteiger partial charge in [0, 0.05) is 0 Å². The zero-order valence-corrected chi connectivity index (χ0v) is 10.2. The molecule has 0 aromatic heterocycles. The van der Waals surface area contributed by atoms with Crippen LogP contribution >= 0.6 is 0 Å². The molecular weight excluding hydrogens is 228 g/mol. The Bertz CT molecular complexity index is 290. The van der Waals surface area contributed by atoms with Crippen molar-refractivity contribution in [1.82, 2.24) is 0 Å². The van der Waals surface area contributed by atoms with E-state index in [1.54, 1.807) is 0 Å². The zero-order valence-electron chi connectivity index (χ0n) is 10.2. The number of carbonyl (C=O) groups is 1. The third-order valence-corrected chi connectivity index (χ3v) is 3.54. The number of aliphatic hydroxyl groups is 3. The molecule has 0 bridgehead atoms. The quantitative estimate of drug-likeness (QED) is 0.529. The Balaban J connectivity index is 2.97. The number of aliphatic carboxylic acids is 1. The van der Waals surface area contributed by atoms with Crippen LogP contribution in [-0.4, -0.2) is 56.9 Å². The molecule has 0 saturated carbocycles. The summed E-state index contributed by atoms with van der Waals surface area (Å²) in [6, 6.07) is 0. The second kappa shape index (κ2) is 4.89. The van der Waals surface area contributed by atoms with Crippen molar-refractivity contribution in [3.63, 3.8) is 0 Å². The van der Waals surface area contributed by atoms with Crippen molar-refractivity contribution in [1.29, 1.82) is 0 Å². The lowest BCUT2D eigenvalue weighted by Crippen LogP contribution is -2.62. The Labute approximate surface area is 99.8 Å². The van der Waals surface area contributed by atoms with E-state index >= 15 is 0 Å². The van der Waals surface area contributed by atoms with Gasteiger partial charge in [0.15, 0.2) is 6.10 Å². The van der Waals surface area contributed by atoms with Crippen molar-refractivity contribution in [2.24, 2.45) is 5.41 Å². The average molecular weight is 248 g/mol. The van der Waals surface area contributed by atoms with Gasteiger partial charge in [-0.1, -0.05) is 20.8 Å². The van der Waals surface area contributed by atoms with E-state index in [0.717, 1.165) is 0 Å². The van der Waals surface area contributed by atoms with Gasteiger partial charge in [-0.25, -0.2) is 4.79 Å². The first-order valence-corrected chi connectivity index (χ1v) is 5.65. The average Bonchev–Trinajstić information content (AvgIpc) is 2.25. The molecule has 0 aromatic carbocycles. The minimum atomic E-state index is -1.62. The van der Waals surface area contributed by atoms with Crippen LogP contribution in [0.3, 0.4) is 0 Å². The molecule has 4 N–H and O–H groups in total. The monoisotopic (exact) mass is 248 g/mol. The van der Waals surface area contributed by atoms with E-state index in [1.807, 2.05) is 20.8 Å². The van der Waals surface area contributed by atoms with E-state index < -0.39 is 41.9 Å². The maximum absolute atomic E-state index is 10.9. The van der Waals surface area contributed by atoms with E-state index in [2.05, 4.69) is 0 Å². The normalized spacial score (nSPS) is 39.1. The van der Waals surface area contributed by atoms with Gasteiger partial charge in [-0.2, -0.15) is 0 Å². The molecule has 5 atom stereocenters. The smallest absolute Gasteiger partial charge is 0.335 e. The summed E-state index contributed by atoms with van der Waals surface area (Å²) >= 11 is 0. The topological polar surface area (TPSA) is 107 Å². The van der Waals surface area contributed by atoms with Gasteiger partial charge in [-0.15, -0.1) is 0 Å². The van der Waals surface area contributed by atoms with Gasteiger partial charge >= 0.3 is 5.97 Å². The van der Waals surface area contributed by atoms with Crippen LogP contribution in [0.2, 0.25) is 0 Å². The van der Waals surface area contributed by atoms with Crippen LogP contribution in [0, 0.1) is 5.41 Å². The van der Waals surface area contributed by atoms with E-state index in [1.165, 1.54) is 0 Å². The fourth-order valence-electron chi connectivity index (χ4n) is 1.93. The molecular formula is C11H20O6. The van der Waals surface area contributed by atoms with Crippen LogP contribution in [0.4, 0.5) is 0 Å². The molecule has 1 fully saturated rings. The molecule has 1 rings (SSSR count). The van der Waals surface area contributed by atoms with Crippen LogP contribution in [0.1, 0.15) is 27.2 Å². The first-order valence-electron chi connectivity index (χ1n) is 5.65. The zero-order chi connectivity index (χ0) is 13.4. The SMILES string of the molecule is CCC(C)(C)[C@H]1O[C@H](C(=O)O)[C@@H](O)[C@H](O)[C@H]1O. The summed E-state index contributed by atoms with van der Waals surface area (Å²) in [6.45, 7) is 5.50. The Morgan fingerprint density at radius 3 is 2.12 bits per heavy atom. The molecule has 0 aromatic rings. The molecule has 0 radical (unpaired) electrons. The summed E-state index contributed by atoms with van der Waals surface area (Å²) in [7, 11) is 0. The van der Waals surface area contributed by atoms with Crippen LogP contribution in [-0.2, 0) is 9.53 Å². The molecule has 6 nitrogen and oxygen atoms in total. The van der Waals surface area contributed by atoms with Crippen molar-refractivity contribution in [2.75, 3.05) is 0 Å². The molecule has 0 aliphatic carbocycles. The summed E-state index contributed by atoms with van der Waals surface area (Å²) in [5.74, 6) is -1.35. The van der Waals surface area contributed by atoms with Crippen LogP contribution < -0.4 is 0 Å². The fraction of sp³-hybridized carbons (Fsp3) is 0.909. The van der Waals surface area contributed by atoms with E-state index in [4.69, 9.17) is 9.84 Å². The largest absolute Gasteiger partial charge is 0.479 e. The Kier molecular flexibility index (Phi) is 4.14. The molecule has 1 aliphatic heterocycles. The highest BCUT2D eigenvalue weighted by Crippen LogP contribution is 2.35. The van der Waals surface area contributed by atoms with Gasteiger partial charge in [-0.3, -0.25) is 0 Å². The highest BCUT2D eigenvalue weighted by atomic mass is 16.6. The number of aliphatic hydroxyl groups excluding tert-OH is 3. The number of hydrogen-bond acceptors (Lipinski definition) is 5. The van der Waals surface area contributed by atoms with Crippen molar-refractivity contribution >= 4 is 5.97 Å². The highest BCUT2D eigenvalue weighted by Gasteiger charge is 2.50. The minimum Gasteiger partial charge on any atom is -0.479 e. The second-order valence-corrected chi connectivity index (χ2v) is 5.13. The van der Waals surface area contributed by atoms with E-state index in [0.29, 0.717) is 6.42 Å². The van der Waals surface area contributed by atoms with Crippen LogP contribution in [0.15, 0.2) is 0 Å². The Hall–Kier alpha value is -0.690. The van der Waals surface area contributed by atoms with Crippen LogP contribution in [0.5, 0.6) is 0 Å². The fourth-order valence-corrected chi connectivity index (χ4v) is 1.93. The van der Waals surface area contributed by atoms with Gasteiger partial charge in [0.1, 0.15) is 18.3 Å². The number of hydrogen-bond donors (Lipinski definition) is 4. The molecule has 1 aliphatic rings.